The van der Waals surface area contributed by atoms with Crippen LogP contribution >= 0.6 is 22.9 Å². The largest absolute Gasteiger partial charge is 0.147 e. The Labute approximate surface area is 70.8 Å². The van der Waals surface area contributed by atoms with Gasteiger partial charge in [0, 0.05) is 4.88 Å². The molecule has 1 aromatic heterocycles. The zero-order valence-electron chi connectivity index (χ0n) is 6.23. The van der Waals surface area contributed by atoms with Crippen LogP contribution in [0.25, 0.3) is 0 Å². The molecule has 1 heterocycles. The van der Waals surface area contributed by atoms with E-state index in [4.69, 9.17) is 11.6 Å². The smallest absolute Gasteiger partial charge is 0.0545 e. The van der Waals surface area contributed by atoms with Gasteiger partial charge in [-0.05, 0) is 23.8 Å². The van der Waals surface area contributed by atoms with Gasteiger partial charge in [0.25, 0.3) is 0 Å². The van der Waals surface area contributed by atoms with Crippen LogP contribution < -0.4 is 0 Å². The molecular weight excluding hydrogens is 164 g/mol. The summed E-state index contributed by atoms with van der Waals surface area (Å²) in [6, 6.07) is 1.96. The van der Waals surface area contributed by atoms with E-state index in [0.29, 0.717) is 5.92 Å². The van der Waals surface area contributed by atoms with E-state index in [-0.39, 0.29) is 0 Å². The molecule has 1 rings (SSSR count). The van der Waals surface area contributed by atoms with Gasteiger partial charge in [-0.3, -0.25) is 0 Å². The number of thiophene rings is 1. The lowest BCUT2D eigenvalue weighted by atomic mass is 10.1. The molecule has 10 heavy (non-hydrogen) atoms. The van der Waals surface area contributed by atoms with Crippen LogP contribution in [-0.2, 0) is 6.42 Å². The number of rotatable bonds is 2. The van der Waals surface area contributed by atoms with Crippen molar-refractivity contribution in [1.29, 1.82) is 0 Å². The van der Waals surface area contributed by atoms with Gasteiger partial charge in [0.2, 0.25) is 0 Å². The Morgan fingerprint density at radius 3 is 2.70 bits per heavy atom. The second kappa shape index (κ2) is 3.40. The van der Waals surface area contributed by atoms with Gasteiger partial charge in [-0.2, -0.15) is 0 Å². The van der Waals surface area contributed by atoms with Crippen molar-refractivity contribution >= 4 is 22.9 Å². The molecule has 0 aliphatic rings. The molecule has 0 fully saturated rings. The van der Waals surface area contributed by atoms with Crippen LogP contribution in [0.2, 0.25) is 5.02 Å². The zero-order valence-corrected chi connectivity index (χ0v) is 7.80. The lowest BCUT2D eigenvalue weighted by molar-refractivity contribution is 0.654. The zero-order chi connectivity index (χ0) is 7.56. The molecule has 0 atom stereocenters. The van der Waals surface area contributed by atoms with Gasteiger partial charge >= 0.3 is 0 Å². The first-order valence-corrected chi connectivity index (χ1v) is 4.67. The average Bonchev–Trinajstić information content (AvgIpc) is 2.15. The quantitative estimate of drug-likeness (QED) is 0.643. The summed E-state index contributed by atoms with van der Waals surface area (Å²) in [6.45, 7) is 4.41. The predicted molar refractivity (Wildman–Crippen MR) is 47.9 cm³/mol. The maximum absolute atomic E-state index is 5.89. The van der Waals surface area contributed by atoms with Crippen molar-refractivity contribution in [3.8, 4) is 0 Å². The SMILES string of the molecule is CC(C)Cc1sccc1Cl. The normalized spacial score (nSPS) is 10.8. The molecule has 0 aliphatic heterocycles. The molecule has 2 heteroatoms. The maximum Gasteiger partial charge on any atom is 0.0545 e. The van der Waals surface area contributed by atoms with Crippen molar-refractivity contribution in [3.63, 3.8) is 0 Å². The first kappa shape index (κ1) is 8.09. The van der Waals surface area contributed by atoms with E-state index in [0.717, 1.165) is 11.4 Å². The molecule has 0 saturated heterocycles. The van der Waals surface area contributed by atoms with Crippen LogP contribution in [-0.4, -0.2) is 0 Å². The van der Waals surface area contributed by atoms with Gasteiger partial charge in [-0.15, -0.1) is 11.3 Å². The van der Waals surface area contributed by atoms with Crippen LogP contribution in [0, 0.1) is 5.92 Å². The van der Waals surface area contributed by atoms with E-state index >= 15 is 0 Å². The van der Waals surface area contributed by atoms with Crippen LogP contribution in [0.4, 0.5) is 0 Å². The Bertz CT molecular complexity index is 203. The lowest BCUT2D eigenvalue weighted by Crippen LogP contribution is -1.90. The van der Waals surface area contributed by atoms with Crippen molar-refractivity contribution < 1.29 is 0 Å². The van der Waals surface area contributed by atoms with E-state index in [9.17, 15) is 0 Å². The van der Waals surface area contributed by atoms with Gasteiger partial charge in [0.15, 0.2) is 0 Å². The first-order chi connectivity index (χ1) is 4.70. The monoisotopic (exact) mass is 174 g/mol. The number of hydrogen-bond donors (Lipinski definition) is 0. The van der Waals surface area contributed by atoms with Gasteiger partial charge in [-0.1, -0.05) is 25.4 Å². The van der Waals surface area contributed by atoms with Crippen molar-refractivity contribution in [2.45, 2.75) is 20.3 Å². The van der Waals surface area contributed by atoms with Gasteiger partial charge in [-0.25, -0.2) is 0 Å². The summed E-state index contributed by atoms with van der Waals surface area (Å²) >= 11 is 7.64. The molecule has 0 saturated carbocycles. The van der Waals surface area contributed by atoms with Crippen LogP contribution in [0.1, 0.15) is 18.7 Å². The van der Waals surface area contributed by atoms with E-state index in [1.165, 1.54) is 4.88 Å². The molecule has 0 bridgehead atoms. The minimum Gasteiger partial charge on any atom is -0.147 e. The summed E-state index contributed by atoms with van der Waals surface area (Å²) in [6.07, 6.45) is 1.11. The molecule has 0 aromatic carbocycles. The molecule has 0 amide bonds. The molecule has 0 nitrogen and oxygen atoms in total. The predicted octanol–water partition coefficient (Wildman–Crippen LogP) is 3.60. The van der Waals surface area contributed by atoms with Crippen LogP contribution in [0.15, 0.2) is 11.4 Å². The topological polar surface area (TPSA) is 0 Å². The van der Waals surface area contributed by atoms with Crippen LogP contribution in [0.5, 0.6) is 0 Å². The molecule has 0 spiro atoms. The molecule has 56 valence electrons. The molecular formula is C8H11ClS. The Kier molecular flexibility index (Phi) is 2.75. The third kappa shape index (κ3) is 1.99. The van der Waals surface area contributed by atoms with E-state index in [1.54, 1.807) is 11.3 Å². The van der Waals surface area contributed by atoms with E-state index in [1.807, 2.05) is 11.4 Å². The summed E-state index contributed by atoms with van der Waals surface area (Å²) in [5, 5.41) is 2.97. The molecule has 0 unspecified atom stereocenters. The highest BCUT2D eigenvalue weighted by atomic mass is 35.5. The Morgan fingerprint density at radius 2 is 2.30 bits per heavy atom. The summed E-state index contributed by atoms with van der Waals surface area (Å²) in [5.41, 5.74) is 0. The molecule has 0 aliphatic carbocycles. The van der Waals surface area contributed by atoms with Gasteiger partial charge in [0.05, 0.1) is 5.02 Å². The minimum atomic E-state index is 0.705. The van der Waals surface area contributed by atoms with Gasteiger partial charge < -0.3 is 0 Å². The molecule has 0 N–H and O–H groups in total. The standard InChI is InChI=1S/C8H11ClS/c1-6(2)5-8-7(9)3-4-10-8/h3-4,6H,5H2,1-2H3. The third-order valence-electron chi connectivity index (χ3n) is 1.28. The van der Waals surface area contributed by atoms with Crippen molar-refractivity contribution in [1.82, 2.24) is 0 Å². The van der Waals surface area contributed by atoms with Crippen molar-refractivity contribution in [3.05, 3.63) is 21.3 Å². The average molecular weight is 175 g/mol. The lowest BCUT2D eigenvalue weighted by Gasteiger charge is -2.00. The summed E-state index contributed by atoms with van der Waals surface area (Å²) in [5.74, 6) is 0.705. The Balaban J connectivity index is 2.65. The maximum atomic E-state index is 5.89. The van der Waals surface area contributed by atoms with E-state index < -0.39 is 0 Å². The summed E-state index contributed by atoms with van der Waals surface area (Å²) in [7, 11) is 0. The highest BCUT2D eigenvalue weighted by molar-refractivity contribution is 7.10. The highest BCUT2D eigenvalue weighted by Crippen LogP contribution is 2.24. The van der Waals surface area contributed by atoms with E-state index in [2.05, 4.69) is 13.8 Å². The molecule has 0 radical (unpaired) electrons. The Morgan fingerprint density at radius 1 is 1.60 bits per heavy atom. The van der Waals surface area contributed by atoms with Gasteiger partial charge in [0.1, 0.15) is 0 Å². The highest BCUT2D eigenvalue weighted by Gasteiger charge is 2.02. The fraction of sp³-hybridized carbons (Fsp3) is 0.500. The Hall–Kier alpha value is -0.0100. The van der Waals surface area contributed by atoms with Crippen molar-refractivity contribution in [2.75, 3.05) is 0 Å². The third-order valence-corrected chi connectivity index (χ3v) is 2.69. The fourth-order valence-electron chi connectivity index (χ4n) is 0.842. The first-order valence-electron chi connectivity index (χ1n) is 3.42. The minimum absolute atomic E-state index is 0.705. The molecule has 1 aromatic rings. The van der Waals surface area contributed by atoms with Crippen LogP contribution in [0.3, 0.4) is 0 Å². The van der Waals surface area contributed by atoms with Crippen molar-refractivity contribution in [2.24, 2.45) is 5.92 Å². The number of halogens is 1. The second-order valence-corrected chi connectivity index (χ2v) is 4.20. The summed E-state index contributed by atoms with van der Waals surface area (Å²) in [4.78, 5) is 1.32. The second-order valence-electron chi connectivity index (χ2n) is 2.79. The number of hydrogen-bond acceptors (Lipinski definition) is 1. The fourth-order valence-corrected chi connectivity index (χ4v) is 2.17. The summed E-state index contributed by atoms with van der Waals surface area (Å²) < 4.78 is 0.